The molecule has 0 aliphatic heterocycles. The number of carbonyl (C=O) groups is 1. The van der Waals surface area contributed by atoms with Crippen molar-refractivity contribution in [1.82, 2.24) is 0 Å². The van der Waals surface area contributed by atoms with Gasteiger partial charge in [-0.15, -0.1) is 0 Å². The van der Waals surface area contributed by atoms with Gasteiger partial charge in [-0.1, -0.05) is 15.9 Å². The number of fused-ring (bicyclic) bond motifs is 1. The van der Waals surface area contributed by atoms with Gasteiger partial charge in [0.25, 0.3) is 5.91 Å². The maximum absolute atomic E-state index is 13.8. The average molecular weight is 366 g/mol. The standard InChI is InChI=1S/C16H10BrF2NO2/c1-8-11-7-10(18)3-5-14(11)22-15(8)16(21)20-13-4-2-9(17)6-12(13)19/h2-7H,1H3,(H,20,21). The lowest BCUT2D eigenvalue weighted by Gasteiger charge is -2.05. The van der Waals surface area contributed by atoms with Gasteiger partial charge >= 0.3 is 0 Å². The fourth-order valence-electron chi connectivity index (χ4n) is 2.18. The highest BCUT2D eigenvalue weighted by atomic mass is 79.9. The van der Waals surface area contributed by atoms with Crippen LogP contribution in [0.15, 0.2) is 45.3 Å². The summed E-state index contributed by atoms with van der Waals surface area (Å²) in [5.74, 6) is -1.54. The quantitative estimate of drug-likeness (QED) is 0.691. The zero-order chi connectivity index (χ0) is 15.9. The number of anilines is 1. The second kappa shape index (κ2) is 5.53. The third kappa shape index (κ3) is 2.62. The van der Waals surface area contributed by atoms with Gasteiger partial charge in [-0.2, -0.15) is 0 Å². The number of aryl methyl sites for hydroxylation is 1. The van der Waals surface area contributed by atoms with E-state index in [1.54, 1.807) is 13.0 Å². The summed E-state index contributed by atoms with van der Waals surface area (Å²) in [7, 11) is 0. The minimum absolute atomic E-state index is 0.0305. The van der Waals surface area contributed by atoms with Gasteiger partial charge in [0, 0.05) is 15.4 Å². The Kier molecular flexibility index (Phi) is 3.70. The number of furan rings is 1. The van der Waals surface area contributed by atoms with Crippen molar-refractivity contribution in [2.75, 3.05) is 5.32 Å². The van der Waals surface area contributed by atoms with Gasteiger partial charge in [0.2, 0.25) is 0 Å². The molecule has 0 aliphatic carbocycles. The molecule has 0 fully saturated rings. The summed E-state index contributed by atoms with van der Waals surface area (Å²) < 4.78 is 33.0. The molecule has 1 aromatic heterocycles. The number of rotatable bonds is 2. The molecule has 0 bridgehead atoms. The van der Waals surface area contributed by atoms with E-state index in [2.05, 4.69) is 21.2 Å². The first-order valence-corrected chi connectivity index (χ1v) is 7.20. The summed E-state index contributed by atoms with van der Waals surface area (Å²) >= 11 is 3.14. The molecule has 0 saturated carbocycles. The summed E-state index contributed by atoms with van der Waals surface area (Å²) in [4.78, 5) is 12.2. The minimum Gasteiger partial charge on any atom is -0.451 e. The lowest BCUT2D eigenvalue weighted by molar-refractivity contribution is 0.0997. The Morgan fingerprint density at radius 1 is 1.18 bits per heavy atom. The Labute approximate surface area is 133 Å². The predicted octanol–water partition coefficient (Wildman–Crippen LogP) is 5.03. The maximum Gasteiger partial charge on any atom is 0.291 e. The SMILES string of the molecule is Cc1c(C(=O)Nc2ccc(Br)cc2F)oc2ccc(F)cc12. The van der Waals surface area contributed by atoms with Crippen molar-refractivity contribution in [3.05, 3.63) is 63.8 Å². The van der Waals surface area contributed by atoms with Gasteiger partial charge in [0.15, 0.2) is 5.76 Å². The number of carbonyl (C=O) groups excluding carboxylic acids is 1. The molecule has 0 spiro atoms. The van der Waals surface area contributed by atoms with Crippen molar-refractivity contribution in [3.8, 4) is 0 Å². The van der Waals surface area contributed by atoms with E-state index in [1.807, 2.05) is 0 Å². The molecule has 1 N–H and O–H groups in total. The summed E-state index contributed by atoms with van der Waals surface area (Å²) in [6.45, 7) is 1.65. The summed E-state index contributed by atoms with van der Waals surface area (Å²) in [5.41, 5.74) is 0.948. The third-order valence-corrected chi connectivity index (χ3v) is 3.78. The van der Waals surface area contributed by atoms with E-state index in [9.17, 15) is 13.6 Å². The molecular formula is C16H10BrF2NO2. The molecule has 0 saturated heterocycles. The van der Waals surface area contributed by atoms with Crippen LogP contribution in [0.25, 0.3) is 11.0 Å². The van der Waals surface area contributed by atoms with Crippen LogP contribution < -0.4 is 5.32 Å². The molecule has 6 heteroatoms. The van der Waals surface area contributed by atoms with Crippen LogP contribution in [-0.2, 0) is 0 Å². The van der Waals surface area contributed by atoms with Crippen LogP contribution in [0.3, 0.4) is 0 Å². The van der Waals surface area contributed by atoms with Gasteiger partial charge in [-0.25, -0.2) is 8.78 Å². The topological polar surface area (TPSA) is 42.2 Å². The van der Waals surface area contributed by atoms with Crippen LogP contribution in [0, 0.1) is 18.6 Å². The first-order chi connectivity index (χ1) is 10.5. The third-order valence-electron chi connectivity index (χ3n) is 3.28. The van der Waals surface area contributed by atoms with E-state index in [0.717, 1.165) is 0 Å². The van der Waals surface area contributed by atoms with E-state index >= 15 is 0 Å². The molecule has 2 aromatic carbocycles. The van der Waals surface area contributed by atoms with E-state index < -0.39 is 17.5 Å². The van der Waals surface area contributed by atoms with Gasteiger partial charge in [0.1, 0.15) is 17.2 Å². The van der Waals surface area contributed by atoms with E-state index in [4.69, 9.17) is 4.42 Å². The highest BCUT2D eigenvalue weighted by molar-refractivity contribution is 9.10. The second-order valence-electron chi connectivity index (χ2n) is 4.77. The van der Waals surface area contributed by atoms with Gasteiger partial charge < -0.3 is 9.73 Å². The van der Waals surface area contributed by atoms with Crippen molar-refractivity contribution >= 4 is 38.5 Å². The van der Waals surface area contributed by atoms with Gasteiger partial charge in [-0.05, 0) is 43.3 Å². The molecule has 3 nitrogen and oxygen atoms in total. The normalized spacial score (nSPS) is 10.9. The van der Waals surface area contributed by atoms with Gasteiger partial charge in [-0.3, -0.25) is 4.79 Å². The van der Waals surface area contributed by atoms with Crippen LogP contribution in [0.4, 0.5) is 14.5 Å². The van der Waals surface area contributed by atoms with Crippen LogP contribution in [0.1, 0.15) is 16.1 Å². The van der Waals surface area contributed by atoms with Crippen molar-refractivity contribution in [3.63, 3.8) is 0 Å². The Hall–Kier alpha value is -2.21. The lowest BCUT2D eigenvalue weighted by atomic mass is 10.1. The summed E-state index contributed by atoms with van der Waals surface area (Å²) in [5, 5.41) is 2.96. The minimum atomic E-state index is -0.588. The molecule has 0 aliphatic rings. The van der Waals surface area contributed by atoms with Crippen LogP contribution in [-0.4, -0.2) is 5.91 Å². The van der Waals surface area contributed by atoms with Crippen LogP contribution in [0.2, 0.25) is 0 Å². The molecule has 3 rings (SSSR count). The van der Waals surface area contributed by atoms with Gasteiger partial charge in [0.05, 0.1) is 5.69 Å². The monoisotopic (exact) mass is 365 g/mol. The van der Waals surface area contributed by atoms with Crippen molar-refractivity contribution < 1.29 is 18.0 Å². The number of hydrogen-bond donors (Lipinski definition) is 1. The molecule has 0 radical (unpaired) electrons. The number of halogens is 3. The van der Waals surface area contributed by atoms with E-state index in [-0.39, 0.29) is 11.4 Å². The Balaban J connectivity index is 1.97. The average Bonchev–Trinajstić information content (AvgIpc) is 2.79. The number of amides is 1. The molecule has 1 heterocycles. The van der Waals surface area contributed by atoms with Crippen molar-refractivity contribution in [1.29, 1.82) is 0 Å². The predicted molar refractivity (Wildman–Crippen MR) is 83.0 cm³/mol. The summed E-state index contributed by atoms with van der Waals surface area (Å²) in [6.07, 6.45) is 0. The van der Waals surface area contributed by atoms with Crippen LogP contribution >= 0.6 is 15.9 Å². The van der Waals surface area contributed by atoms with Crippen molar-refractivity contribution in [2.24, 2.45) is 0 Å². The first-order valence-electron chi connectivity index (χ1n) is 6.41. The molecule has 1 amide bonds. The summed E-state index contributed by atoms with van der Waals surface area (Å²) in [6, 6.07) is 8.30. The molecular weight excluding hydrogens is 356 g/mol. The second-order valence-corrected chi connectivity index (χ2v) is 5.69. The Morgan fingerprint density at radius 2 is 1.95 bits per heavy atom. The molecule has 112 valence electrons. The fourth-order valence-corrected chi connectivity index (χ4v) is 2.51. The van der Waals surface area contributed by atoms with Crippen LogP contribution in [0.5, 0.6) is 0 Å². The van der Waals surface area contributed by atoms with E-state index in [1.165, 1.54) is 30.3 Å². The Morgan fingerprint density at radius 3 is 2.68 bits per heavy atom. The molecule has 22 heavy (non-hydrogen) atoms. The zero-order valence-electron chi connectivity index (χ0n) is 11.4. The van der Waals surface area contributed by atoms with Crippen molar-refractivity contribution in [2.45, 2.75) is 6.92 Å². The molecule has 3 aromatic rings. The first kappa shape index (κ1) is 14.7. The number of hydrogen-bond acceptors (Lipinski definition) is 2. The zero-order valence-corrected chi connectivity index (χ0v) is 13.0. The lowest BCUT2D eigenvalue weighted by Crippen LogP contribution is -2.13. The fraction of sp³-hybridized carbons (Fsp3) is 0.0625. The molecule has 0 atom stereocenters. The van der Waals surface area contributed by atoms with E-state index in [0.29, 0.717) is 21.0 Å². The number of nitrogens with one attached hydrogen (secondary N) is 1. The maximum atomic E-state index is 13.8. The smallest absolute Gasteiger partial charge is 0.291 e. The molecule has 0 unspecified atom stereocenters. The Bertz CT molecular complexity index is 889. The highest BCUT2D eigenvalue weighted by Crippen LogP contribution is 2.27. The highest BCUT2D eigenvalue weighted by Gasteiger charge is 2.19. The number of benzene rings is 2. The largest absolute Gasteiger partial charge is 0.451 e.